The third-order valence-electron chi connectivity index (χ3n) is 1.15. The van der Waals surface area contributed by atoms with Crippen molar-refractivity contribution in [2.24, 2.45) is 0 Å². The molecule has 0 spiro atoms. The summed E-state index contributed by atoms with van der Waals surface area (Å²) in [5, 5.41) is 0.803. The lowest BCUT2D eigenvalue weighted by atomic mass is 9.95. The van der Waals surface area contributed by atoms with Crippen LogP contribution in [-0.4, -0.2) is 7.00 Å². The second-order valence-electron chi connectivity index (χ2n) is 1.83. The van der Waals surface area contributed by atoms with Crippen molar-refractivity contribution in [2.75, 3.05) is 0 Å². The highest BCUT2D eigenvalue weighted by molar-refractivity contribution is 7.58. The van der Waals surface area contributed by atoms with Crippen molar-refractivity contribution < 1.29 is 0 Å². The normalized spacial score (nSPS) is 9.11. The Balaban J connectivity index is 2.88. The zero-order valence-electron chi connectivity index (χ0n) is 4.97. The van der Waals surface area contributed by atoms with Crippen molar-refractivity contribution in [1.29, 1.82) is 0 Å². The van der Waals surface area contributed by atoms with E-state index in [1.54, 1.807) is 0 Å². The van der Waals surface area contributed by atoms with Crippen LogP contribution in [0.4, 0.5) is 0 Å². The van der Waals surface area contributed by atoms with Crippen LogP contribution in [0.25, 0.3) is 0 Å². The number of benzene rings is 1. The zero-order valence-corrected chi connectivity index (χ0v) is 6.88. The number of hydrogen-bond acceptors (Lipinski definition) is 0. The molecule has 0 fully saturated rings. The molecule has 1 rings (SSSR count). The van der Waals surface area contributed by atoms with E-state index in [4.69, 9.17) is 11.6 Å². The highest BCUT2D eigenvalue weighted by Crippen LogP contribution is 2.03. The molecule has 0 saturated heterocycles. The Morgan fingerprint density at radius 1 is 1.22 bits per heavy atom. The number of rotatable bonds is 1. The molecule has 0 aromatic heterocycles. The maximum absolute atomic E-state index is 5.66. The molecular weight excluding hydrogens is 149 g/mol. The smallest absolute Gasteiger partial charge is 0.169 e. The van der Waals surface area contributed by atoms with Crippen LogP contribution in [0.1, 0.15) is 0 Å². The van der Waals surface area contributed by atoms with Gasteiger partial charge < -0.3 is 0 Å². The first-order valence-electron chi connectivity index (χ1n) is 2.77. The summed E-state index contributed by atoms with van der Waals surface area (Å²) in [5.74, 6) is 0. The quantitative estimate of drug-likeness (QED) is 0.423. The monoisotopic (exact) mass is 156 g/mol. The van der Waals surface area contributed by atoms with Gasteiger partial charge in [-0.25, -0.2) is 0 Å². The van der Waals surface area contributed by atoms with Crippen LogP contribution < -0.4 is 5.46 Å². The van der Waals surface area contributed by atoms with Crippen LogP contribution in [0.15, 0.2) is 24.3 Å². The Kier molecular flexibility index (Phi) is 2.56. The summed E-state index contributed by atoms with van der Waals surface area (Å²) in [4.78, 5) is 0. The van der Waals surface area contributed by atoms with Gasteiger partial charge in [-0.2, -0.15) is 9.12 Å². The molecule has 0 aliphatic carbocycles. The van der Waals surface area contributed by atoms with Gasteiger partial charge >= 0.3 is 0 Å². The molecule has 1 aromatic carbocycles. The second kappa shape index (κ2) is 3.24. The van der Waals surface area contributed by atoms with Crippen molar-refractivity contribution >= 4 is 33.2 Å². The van der Waals surface area contributed by atoms with E-state index in [0.29, 0.717) is 0 Å². The average Bonchev–Trinajstić information content (AvgIpc) is 1.90. The second-order valence-corrected chi connectivity index (χ2v) is 2.68. The average molecular weight is 156 g/mol. The molecule has 0 radical (unpaired) electrons. The molecule has 0 amide bonds. The molecule has 0 aliphatic rings. The summed E-state index contributed by atoms with van der Waals surface area (Å²) in [7, 11) is 2.67. The van der Waals surface area contributed by atoms with Gasteiger partial charge in [0.2, 0.25) is 0 Å². The lowest BCUT2D eigenvalue weighted by Crippen LogP contribution is -2.05. The van der Waals surface area contributed by atoms with Gasteiger partial charge in [-0.15, -0.1) is 0 Å². The number of halogens is 1. The fourth-order valence-corrected chi connectivity index (χ4v) is 1.02. The minimum absolute atomic E-state index is 0.803. The molecule has 1 unspecified atom stereocenters. The van der Waals surface area contributed by atoms with Gasteiger partial charge in [-0.1, -0.05) is 29.2 Å². The lowest BCUT2D eigenvalue weighted by molar-refractivity contribution is 1.77. The highest BCUT2D eigenvalue weighted by atomic mass is 35.5. The Hall–Kier alpha value is 0.00494. The standard InChI is InChI=1S/C6H7BClP/c8-6-3-1-5(7-9)2-4-6/h1-4,7H,9H2. The SMILES string of the molecule is PBc1ccc(Cl)cc1. The summed E-state index contributed by atoms with van der Waals surface area (Å²) >= 11 is 5.66. The van der Waals surface area contributed by atoms with E-state index < -0.39 is 0 Å². The van der Waals surface area contributed by atoms with Crippen molar-refractivity contribution in [3.05, 3.63) is 29.3 Å². The molecule has 0 heterocycles. The molecule has 0 bridgehead atoms. The molecule has 1 aromatic rings. The first-order valence-corrected chi connectivity index (χ1v) is 3.97. The Morgan fingerprint density at radius 3 is 2.22 bits per heavy atom. The highest BCUT2D eigenvalue weighted by Gasteiger charge is 1.87. The minimum Gasteiger partial charge on any atom is -0.169 e. The Labute approximate surface area is 63.0 Å². The third-order valence-corrected chi connectivity index (χ3v) is 1.87. The first kappa shape index (κ1) is 7.12. The molecule has 0 saturated carbocycles. The van der Waals surface area contributed by atoms with Crippen molar-refractivity contribution in [1.82, 2.24) is 0 Å². The maximum atomic E-state index is 5.66. The summed E-state index contributed by atoms with van der Waals surface area (Å²) in [6, 6.07) is 7.85. The van der Waals surface area contributed by atoms with Gasteiger partial charge in [0, 0.05) is 5.02 Å². The fraction of sp³-hybridized carbons (Fsp3) is 0. The van der Waals surface area contributed by atoms with E-state index in [1.165, 1.54) is 5.46 Å². The van der Waals surface area contributed by atoms with Crippen molar-refractivity contribution in [3.63, 3.8) is 0 Å². The predicted molar refractivity (Wildman–Crippen MR) is 47.9 cm³/mol. The first-order chi connectivity index (χ1) is 4.33. The molecular formula is C6H7BClP. The zero-order chi connectivity index (χ0) is 6.69. The third kappa shape index (κ3) is 2.00. The molecule has 0 N–H and O–H groups in total. The van der Waals surface area contributed by atoms with Crippen LogP contribution in [0.5, 0.6) is 0 Å². The van der Waals surface area contributed by atoms with Gasteiger partial charge in [0.05, 0.1) is 0 Å². The maximum Gasteiger partial charge on any atom is 0.180 e. The molecule has 1 atom stereocenters. The van der Waals surface area contributed by atoms with Gasteiger partial charge in [-0.05, 0) is 12.1 Å². The Bertz CT molecular complexity index is 185. The summed E-state index contributed by atoms with van der Waals surface area (Å²) in [6.45, 7) is 0.997. The lowest BCUT2D eigenvalue weighted by Gasteiger charge is -1.91. The molecule has 46 valence electrons. The van der Waals surface area contributed by atoms with E-state index >= 15 is 0 Å². The van der Waals surface area contributed by atoms with Gasteiger partial charge in [0.1, 0.15) is 0 Å². The van der Waals surface area contributed by atoms with Crippen LogP contribution in [-0.2, 0) is 0 Å². The molecule has 9 heavy (non-hydrogen) atoms. The molecule has 0 nitrogen and oxygen atoms in total. The van der Waals surface area contributed by atoms with Crippen LogP contribution in [0, 0.1) is 0 Å². The predicted octanol–water partition coefficient (Wildman–Crippen LogP) is 1.19. The van der Waals surface area contributed by atoms with Crippen molar-refractivity contribution in [3.8, 4) is 0 Å². The van der Waals surface area contributed by atoms with E-state index in [0.717, 1.165) is 12.0 Å². The Morgan fingerprint density at radius 2 is 1.78 bits per heavy atom. The van der Waals surface area contributed by atoms with Crippen molar-refractivity contribution in [2.45, 2.75) is 0 Å². The van der Waals surface area contributed by atoms with E-state index in [-0.39, 0.29) is 0 Å². The van der Waals surface area contributed by atoms with E-state index in [9.17, 15) is 0 Å². The van der Waals surface area contributed by atoms with E-state index in [2.05, 4.69) is 9.12 Å². The van der Waals surface area contributed by atoms with Gasteiger partial charge in [-0.3, -0.25) is 0 Å². The largest absolute Gasteiger partial charge is 0.180 e. The minimum atomic E-state index is 0.803. The molecule has 3 heteroatoms. The summed E-state index contributed by atoms with van der Waals surface area (Å²) in [5.41, 5.74) is 1.30. The number of hydrogen-bond donors (Lipinski definition) is 0. The van der Waals surface area contributed by atoms with Crippen LogP contribution in [0.2, 0.25) is 5.02 Å². The van der Waals surface area contributed by atoms with Gasteiger partial charge in [0.25, 0.3) is 0 Å². The van der Waals surface area contributed by atoms with E-state index in [1.807, 2.05) is 24.3 Å². The fourth-order valence-electron chi connectivity index (χ4n) is 0.620. The van der Waals surface area contributed by atoms with Crippen LogP contribution >= 0.6 is 20.7 Å². The van der Waals surface area contributed by atoms with Crippen LogP contribution in [0.3, 0.4) is 0 Å². The topological polar surface area (TPSA) is 0 Å². The summed E-state index contributed by atoms with van der Waals surface area (Å²) < 4.78 is 0. The summed E-state index contributed by atoms with van der Waals surface area (Å²) in [6.07, 6.45) is 0. The van der Waals surface area contributed by atoms with Gasteiger partial charge in [0.15, 0.2) is 7.00 Å². The molecule has 0 aliphatic heterocycles.